The van der Waals surface area contributed by atoms with Gasteiger partial charge in [-0.1, -0.05) is 0 Å². The van der Waals surface area contributed by atoms with Crippen molar-refractivity contribution in [1.82, 2.24) is 10.2 Å². The van der Waals surface area contributed by atoms with Crippen LogP contribution in [0.3, 0.4) is 0 Å². The summed E-state index contributed by atoms with van der Waals surface area (Å²) in [6.07, 6.45) is 1.85. The Hall–Kier alpha value is -0.160. The highest BCUT2D eigenvalue weighted by Crippen LogP contribution is 2.19. The molecule has 4 unspecified atom stereocenters. The maximum Gasteiger partial charge on any atom is 0.0678 e. The van der Waals surface area contributed by atoms with Gasteiger partial charge in [-0.3, -0.25) is 4.90 Å². The summed E-state index contributed by atoms with van der Waals surface area (Å²) in [5.74, 6) is 0.617. The van der Waals surface area contributed by atoms with Crippen LogP contribution in [-0.4, -0.2) is 63.0 Å². The van der Waals surface area contributed by atoms with E-state index in [0.717, 1.165) is 39.3 Å². The van der Waals surface area contributed by atoms with Crippen LogP contribution in [0.1, 0.15) is 20.3 Å². The lowest BCUT2D eigenvalue weighted by molar-refractivity contribution is -0.0795. The van der Waals surface area contributed by atoms with Crippen molar-refractivity contribution in [3.63, 3.8) is 0 Å². The molecule has 2 aliphatic heterocycles. The van der Waals surface area contributed by atoms with E-state index in [2.05, 4.69) is 31.1 Å². The fraction of sp³-hybridized carbons (Fsp3) is 1.00. The van der Waals surface area contributed by atoms with Crippen LogP contribution >= 0.6 is 0 Å². The van der Waals surface area contributed by atoms with Gasteiger partial charge in [-0.05, 0) is 27.3 Å². The van der Waals surface area contributed by atoms with Crippen LogP contribution in [0.25, 0.3) is 0 Å². The van der Waals surface area contributed by atoms with Crippen molar-refractivity contribution in [2.75, 3.05) is 39.9 Å². The van der Waals surface area contributed by atoms with Gasteiger partial charge in [0.1, 0.15) is 0 Å². The smallest absolute Gasteiger partial charge is 0.0678 e. The van der Waals surface area contributed by atoms with Gasteiger partial charge in [0.15, 0.2) is 0 Å². The van der Waals surface area contributed by atoms with Crippen LogP contribution in [0.2, 0.25) is 0 Å². The number of hydrogen-bond donors (Lipinski definition) is 1. The molecule has 0 aromatic carbocycles. The first-order chi connectivity index (χ1) is 8.19. The van der Waals surface area contributed by atoms with Crippen molar-refractivity contribution in [3.8, 4) is 0 Å². The molecule has 0 aromatic heterocycles. The van der Waals surface area contributed by atoms with Crippen molar-refractivity contribution >= 4 is 0 Å². The maximum absolute atomic E-state index is 5.77. The average Bonchev–Trinajstić information content (AvgIpc) is 2.28. The Labute approximate surface area is 105 Å². The monoisotopic (exact) mass is 242 g/mol. The number of rotatable bonds is 3. The van der Waals surface area contributed by atoms with Crippen LogP contribution in [0, 0.1) is 5.92 Å². The van der Waals surface area contributed by atoms with E-state index in [1.165, 1.54) is 0 Å². The van der Waals surface area contributed by atoms with Crippen molar-refractivity contribution in [2.45, 2.75) is 38.5 Å². The molecule has 1 N–H and O–H groups in total. The highest BCUT2D eigenvalue weighted by Gasteiger charge is 2.29. The molecular weight excluding hydrogens is 216 g/mol. The second kappa shape index (κ2) is 6.14. The summed E-state index contributed by atoms with van der Waals surface area (Å²) < 4.78 is 11.4. The molecule has 2 aliphatic rings. The first kappa shape index (κ1) is 13.3. The van der Waals surface area contributed by atoms with Crippen molar-refractivity contribution in [1.29, 1.82) is 0 Å². The largest absolute Gasteiger partial charge is 0.381 e. The first-order valence-electron chi connectivity index (χ1n) is 6.82. The number of ether oxygens (including phenoxy) is 2. The minimum atomic E-state index is 0.358. The van der Waals surface area contributed by atoms with Crippen LogP contribution < -0.4 is 5.32 Å². The molecule has 2 heterocycles. The Morgan fingerprint density at radius 1 is 1.24 bits per heavy atom. The van der Waals surface area contributed by atoms with Crippen molar-refractivity contribution in [3.05, 3.63) is 0 Å². The van der Waals surface area contributed by atoms with E-state index in [4.69, 9.17) is 9.47 Å². The molecular formula is C13H26N2O2. The van der Waals surface area contributed by atoms with Crippen LogP contribution in [-0.2, 0) is 9.47 Å². The molecule has 4 atom stereocenters. The van der Waals surface area contributed by atoms with E-state index < -0.39 is 0 Å². The van der Waals surface area contributed by atoms with E-state index >= 15 is 0 Å². The Kier molecular flexibility index (Phi) is 4.79. The number of nitrogens with one attached hydrogen (secondary N) is 1. The Morgan fingerprint density at radius 3 is 2.59 bits per heavy atom. The standard InChI is InChI=1S/C13H26N2O2/c1-10-6-15(7-11(2)17-10)8-12-9-16-5-4-13(12)14-3/h10-14H,4-9H2,1-3H3. The quantitative estimate of drug-likeness (QED) is 0.791. The molecule has 4 heteroatoms. The summed E-state index contributed by atoms with van der Waals surface area (Å²) in [5.41, 5.74) is 0. The van der Waals surface area contributed by atoms with Gasteiger partial charge in [0.2, 0.25) is 0 Å². The molecule has 0 radical (unpaired) electrons. The summed E-state index contributed by atoms with van der Waals surface area (Å²) in [6, 6.07) is 0.609. The molecule has 0 amide bonds. The molecule has 17 heavy (non-hydrogen) atoms. The minimum absolute atomic E-state index is 0.358. The number of hydrogen-bond acceptors (Lipinski definition) is 4. The lowest BCUT2D eigenvalue weighted by atomic mass is 9.95. The predicted molar refractivity (Wildman–Crippen MR) is 68.2 cm³/mol. The van der Waals surface area contributed by atoms with Gasteiger partial charge >= 0.3 is 0 Å². The summed E-state index contributed by atoms with van der Waals surface area (Å²) >= 11 is 0. The summed E-state index contributed by atoms with van der Waals surface area (Å²) in [7, 11) is 2.06. The van der Waals surface area contributed by atoms with Crippen LogP contribution in [0.15, 0.2) is 0 Å². The second-order valence-electron chi connectivity index (χ2n) is 5.49. The van der Waals surface area contributed by atoms with Gasteiger partial charge in [-0.15, -0.1) is 0 Å². The van der Waals surface area contributed by atoms with E-state index in [-0.39, 0.29) is 0 Å². The van der Waals surface area contributed by atoms with E-state index in [1.807, 2.05) is 0 Å². The minimum Gasteiger partial charge on any atom is -0.381 e. The molecule has 0 saturated carbocycles. The number of nitrogens with zero attached hydrogens (tertiary/aromatic N) is 1. The van der Waals surface area contributed by atoms with Gasteiger partial charge in [-0.25, -0.2) is 0 Å². The average molecular weight is 242 g/mol. The molecule has 2 saturated heterocycles. The Balaban J connectivity index is 1.85. The second-order valence-corrected chi connectivity index (χ2v) is 5.49. The number of morpholine rings is 1. The summed E-state index contributed by atoms with van der Waals surface area (Å²) in [6.45, 7) is 9.35. The lowest BCUT2D eigenvalue weighted by Crippen LogP contribution is -2.52. The third kappa shape index (κ3) is 3.65. The Bertz CT molecular complexity index is 227. The molecule has 0 bridgehead atoms. The summed E-state index contributed by atoms with van der Waals surface area (Å²) in [5, 5.41) is 3.43. The van der Waals surface area contributed by atoms with E-state index in [0.29, 0.717) is 24.2 Å². The normalized spacial score (nSPS) is 40.4. The van der Waals surface area contributed by atoms with Gasteiger partial charge in [0.25, 0.3) is 0 Å². The molecule has 4 nitrogen and oxygen atoms in total. The van der Waals surface area contributed by atoms with Crippen LogP contribution in [0.5, 0.6) is 0 Å². The SMILES string of the molecule is CNC1CCOCC1CN1CC(C)OC(C)C1. The van der Waals surface area contributed by atoms with Gasteiger partial charge in [0, 0.05) is 38.2 Å². The topological polar surface area (TPSA) is 33.7 Å². The third-order valence-corrected chi connectivity index (χ3v) is 3.83. The molecule has 0 aliphatic carbocycles. The molecule has 0 aromatic rings. The predicted octanol–water partition coefficient (Wildman–Crippen LogP) is 0.720. The first-order valence-corrected chi connectivity index (χ1v) is 6.82. The fourth-order valence-electron chi connectivity index (χ4n) is 3.12. The highest BCUT2D eigenvalue weighted by atomic mass is 16.5. The Morgan fingerprint density at radius 2 is 1.94 bits per heavy atom. The molecule has 2 fully saturated rings. The highest BCUT2D eigenvalue weighted by molar-refractivity contribution is 4.83. The van der Waals surface area contributed by atoms with E-state index in [1.54, 1.807) is 0 Å². The third-order valence-electron chi connectivity index (χ3n) is 3.83. The lowest BCUT2D eigenvalue weighted by Gasteiger charge is -2.40. The summed E-state index contributed by atoms with van der Waals surface area (Å²) in [4.78, 5) is 2.53. The van der Waals surface area contributed by atoms with Gasteiger partial charge in [-0.2, -0.15) is 0 Å². The molecule has 100 valence electrons. The van der Waals surface area contributed by atoms with E-state index in [9.17, 15) is 0 Å². The van der Waals surface area contributed by atoms with Crippen LogP contribution in [0.4, 0.5) is 0 Å². The zero-order valence-corrected chi connectivity index (χ0v) is 11.3. The van der Waals surface area contributed by atoms with Gasteiger partial charge < -0.3 is 14.8 Å². The molecule has 2 rings (SSSR count). The van der Waals surface area contributed by atoms with Crippen molar-refractivity contribution < 1.29 is 9.47 Å². The fourth-order valence-corrected chi connectivity index (χ4v) is 3.12. The molecule has 0 spiro atoms. The van der Waals surface area contributed by atoms with Gasteiger partial charge in [0.05, 0.1) is 18.8 Å². The maximum atomic E-state index is 5.77. The zero-order chi connectivity index (χ0) is 12.3. The van der Waals surface area contributed by atoms with Crippen molar-refractivity contribution in [2.24, 2.45) is 5.92 Å². The zero-order valence-electron chi connectivity index (χ0n) is 11.3.